The van der Waals surface area contributed by atoms with E-state index in [1.165, 1.54) is 0 Å². The molecule has 0 fully saturated rings. The number of carbonyl (C=O) groups excluding carboxylic acids is 1. The van der Waals surface area contributed by atoms with Crippen LogP contribution in [-0.2, 0) is 13.0 Å². The molecular weight excluding hydrogens is 407 g/mol. The number of imidazole rings is 1. The summed E-state index contributed by atoms with van der Waals surface area (Å²) in [5, 5.41) is 7.47. The van der Waals surface area contributed by atoms with Crippen molar-refractivity contribution in [1.29, 1.82) is 0 Å². The third kappa shape index (κ3) is 5.31. The van der Waals surface area contributed by atoms with Gasteiger partial charge in [0.25, 0.3) is 5.91 Å². The summed E-state index contributed by atoms with van der Waals surface area (Å²) in [5.74, 6) is 0.745. The predicted octanol–water partition coefficient (Wildman–Crippen LogP) is 4.95. The molecule has 0 saturated heterocycles. The smallest absolute Gasteiger partial charge is 0.251 e. The summed E-state index contributed by atoms with van der Waals surface area (Å²) in [6, 6.07) is 11.3. The lowest BCUT2D eigenvalue weighted by atomic mass is 10.1. The Balaban J connectivity index is 1.63. The number of carbonyl (C=O) groups is 1. The zero-order valence-corrected chi connectivity index (χ0v) is 18.0. The van der Waals surface area contributed by atoms with Crippen molar-refractivity contribution in [2.45, 2.75) is 26.8 Å². The Morgan fingerprint density at radius 2 is 2.00 bits per heavy atom. The van der Waals surface area contributed by atoms with Gasteiger partial charge in [-0.3, -0.25) is 4.79 Å². The molecule has 1 aromatic heterocycles. The molecule has 0 radical (unpaired) electrons. The Kier molecular flexibility index (Phi) is 7.18. The van der Waals surface area contributed by atoms with Crippen LogP contribution in [0.4, 0.5) is 5.69 Å². The van der Waals surface area contributed by atoms with E-state index in [9.17, 15) is 4.79 Å². The highest BCUT2D eigenvalue weighted by Crippen LogP contribution is 2.25. The molecule has 0 saturated carbocycles. The van der Waals surface area contributed by atoms with E-state index in [2.05, 4.69) is 15.6 Å². The maximum absolute atomic E-state index is 12.7. The molecule has 5 nitrogen and oxygen atoms in total. The summed E-state index contributed by atoms with van der Waals surface area (Å²) in [5.41, 5.74) is 3.37. The minimum Gasteiger partial charge on any atom is -0.385 e. The van der Waals surface area contributed by atoms with Crippen molar-refractivity contribution in [1.82, 2.24) is 14.9 Å². The van der Waals surface area contributed by atoms with Crippen LogP contribution >= 0.6 is 23.2 Å². The van der Waals surface area contributed by atoms with Gasteiger partial charge >= 0.3 is 0 Å². The number of aromatic nitrogens is 2. The van der Waals surface area contributed by atoms with Gasteiger partial charge in [0.05, 0.1) is 6.54 Å². The highest BCUT2D eigenvalue weighted by Gasteiger charge is 2.14. The fourth-order valence-electron chi connectivity index (χ4n) is 3.19. The van der Waals surface area contributed by atoms with Crippen molar-refractivity contribution in [3.63, 3.8) is 0 Å². The molecule has 0 aliphatic rings. The van der Waals surface area contributed by atoms with Gasteiger partial charge in [-0.15, -0.1) is 0 Å². The first-order chi connectivity index (χ1) is 14.0. The molecule has 7 heteroatoms. The van der Waals surface area contributed by atoms with Gasteiger partial charge in [0.2, 0.25) is 0 Å². The average Bonchev–Trinajstić information content (AvgIpc) is 3.13. The number of hydrogen-bond acceptors (Lipinski definition) is 3. The summed E-state index contributed by atoms with van der Waals surface area (Å²) in [7, 11) is 0. The minimum absolute atomic E-state index is 0.145. The van der Waals surface area contributed by atoms with E-state index < -0.39 is 0 Å². The molecule has 1 amide bonds. The molecule has 29 heavy (non-hydrogen) atoms. The number of rotatable bonds is 8. The van der Waals surface area contributed by atoms with Crippen molar-refractivity contribution in [3.05, 3.63) is 81.4 Å². The van der Waals surface area contributed by atoms with E-state index in [4.69, 9.17) is 23.2 Å². The highest BCUT2D eigenvalue weighted by atomic mass is 35.5. The van der Waals surface area contributed by atoms with Crippen LogP contribution in [0.2, 0.25) is 10.0 Å². The molecule has 1 heterocycles. The number of halogens is 2. The van der Waals surface area contributed by atoms with Crippen LogP contribution < -0.4 is 10.6 Å². The molecule has 0 aliphatic heterocycles. The minimum atomic E-state index is -0.145. The lowest BCUT2D eigenvalue weighted by molar-refractivity contribution is 0.0953. The topological polar surface area (TPSA) is 59.0 Å². The lowest BCUT2D eigenvalue weighted by Gasteiger charge is -2.14. The fourth-order valence-corrected chi connectivity index (χ4v) is 3.61. The monoisotopic (exact) mass is 430 g/mol. The Labute approximate surface area is 181 Å². The maximum Gasteiger partial charge on any atom is 0.251 e. The molecule has 0 unspecified atom stereocenters. The van der Waals surface area contributed by atoms with E-state index in [1.807, 2.05) is 54.9 Å². The van der Waals surface area contributed by atoms with Crippen LogP contribution in [0, 0.1) is 6.92 Å². The second kappa shape index (κ2) is 9.81. The molecule has 2 aromatic carbocycles. The number of amides is 1. The molecule has 0 spiro atoms. The van der Waals surface area contributed by atoms with Crippen LogP contribution in [-0.4, -0.2) is 28.5 Å². The van der Waals surface area contributed by atoms with Gasteiger partial charge in [-0.1, -0.05) is 41.4 Å². The molecule has 0 atom stereocenters. The van der Waals surface area contributed by atoms with Gasteiger partial charge in [0.15, 0.2) is 0 Å². The first-order valence-corrected chi connectivity index (χ1v) is 10.3. The van der Waals surface area contributed by atoms with Crippen molar-refractivity contribution in [3.8, 4) is 0 Å². The quantitative estimate of drug-likeness (QED) is 0.531. The molecule has 152 valence electrons. The number of nitrogens with one attached hydrogen (secondary N) is 2. The second-order valence-electron chi connectivity index (χ2n) is 6.72. The Hall–Kier alpha value is -2.50. The van der Waals surface area contributed by atoms with Crippen LogP contribution in [0.3, 0.4) is 0 Å². The largest absolute Gasteiger partial charge is 0.385 e. The standard InChI is InChI=1S/C22H24Cl2N4O/c1-3-25-20-13-17(23)12-18(15(20)2)22(29)27-9-8-21-26-10-11-28(21)14-16-6-4-5-7-19(16)24/h4-7,10-13,25H,3,8-9,14H2,1-2H3,(H,27,29). The fraction of sp³-hybridized carbons (Fsp3) is 0.273. The van der Waals surface area contributed by atoms with Crippen LogP contribution in [0.1, 0.15) is 34.2 Å². The third-order valence-electron chi connectivity index (χ3n) is 4.72. The maximum atomic E-state index is 12.7. The SMILES string of the molecule is CCNc1cc(Cl)cc(C(=O)NCCc2nccn2Cc2ccccc2Cl)c1C. The van der Waals surface area contributed by atoms with Crippen molar-refractivity contribution < 1.29 is 4.79 Å². The zero-order chi connectivity index (χ0) is 20.8. The van der Waals surface area contributed by atoms with Crippen LogP contribution in [0.15, 0.2) is 48.8 Å². The van der Waals surface area contributed by atoms with Gasteiger partial charge < -0.3 is 15.2 Å². The normalized spacial score (nSPS) is 10.8. The molecule has 3 rings (SSSR count). The van der Waals surface area contributed by atoms with Gasteiger partial charge in [0.1, 0.15) is 5.82 Å². The average molecular weight is 431 g/mol. The predicted molar refractivity (Wildman–Crippen MR) is 119 cm³/mol. The van der Waals surface area contributed by atoms with Crippen molar-refractivity contribution in [2.24, 2.45) is 0 Å². The van der Waals surface area contributed by atoms with Crippen molar-refractivity contribution >= 4 is 34.8 Å². The molecule has 3 aromatic rings. The van der Waals surface area contributed by atoms with Gasteiger partial charge in [-0.25, -0.2) is 4.98 Å². The first kappa shape index (κ1) is 21.2. The number of benzene rings is 2. The number of hydrogen-bond donors (Lipinski definition) is 2. The van der Waals surface area contributed by atoms with E-state index >= 15 is 0 Å². The zero-order valence-electron chi connectivity index (χ0n) is 16.5. The van der Waals surface area contributed by atoms with E-state index in [0.29, 0.717) is 30.1 Å². The summed E-state index contributed by atoms with van der Waals surface area (Å²) < 4.78 is 2.04. The van der Waals surface area contributed by atoms with Crippen LogP contribution in [0.5, 0.6) is 0 Å². The number of nitrogens with zero attached hydrogens (tertiary/aromatic N) is 2. The molecular formula is C22H24Cl2N4O. The molecule has 0 bridgehead atoms. The Morgan fingerprint density at radius 1 is 1.21 bits per heavy atom. The van der Waals surface area contributed by atoms with Gasteiger partial charge in [0, 0.05) is 53.2 Å². The van der Waals surface area contributed by atoms with Crippen molar-refractivity contribution in [2.75, 3.05) is 18.4 Å². The third-order valence-corrected chi connectivity index (χ3v) is 5.31. The highest BCUT2D eigenvalue weighted by molar-refractivity contribution is 6.31. The summed E-state index contributed by atoms with van der Waals surface area (Å²) in [6.45, 7) is 5.80. The second-order valence-corrected chi connectivity index (χ2v) is 7.57. The number of anilines is 1. The Morgan fingerprint density at radius 3 is 2.76 bits per heavy atom. The summed E-state index contributed by atoms with van der Waals surface area (Å²) in [6.07, 6.45) is 4.30. The summed E-state index contributed by atoms with van der Waals surface area (Å²) >= 11 is 12.4. The van der Waals surface area contributed by atoms with E-state index in [1.54, 1.807) is 12.3 Å². The Bertz CT molecular complexity index is 1000. The lowest BCUT2D eigenvalue weighted by Crippen LogP contribution is -2.27. The first-order valence-electron chi connectivity index (χ1n) is 9.55. The summed E-state index contributed by atoms with van der Waals surface area (Å²) in [4.78, 5) is 17.1. The van der Waals surface area contributed by atoms with E-state index in [0.717, 1.165) is 34.2 Å². The van der Waals surface area contributed by atoms with E-state index in [-0.39, 0.29) is 5.91 Å². The molecule has 0 aliphatic carbocycles. The molecule has 2 N–H and O–H groups in total. The van der Waals surface area contributed by atoms with Gasteiger partial charge in [-0.2, -0.15) is 0 Å². The van der Waals surface area contributed by atoms with Gasteiger partial charge in [-0.05, 0) is 43.2 Å². The van der Waals surface area contributed by atoms with Crippen LogP contribution in [0.25, 0.3) is 0 Å².